The molecule has 0 spiro atoms. The van der Waals surface area contributed by atoms with Crippen molar-refractivity contribution >= 4 is 29.2 Å². The molecule has 190 valence electrons. The summed E-state index contributed by atoms with van der Waals surface area (Å²) in [7, 11) is 0. The molecule has 37 heavy (non-hydrogen) atoms. The van der Waals surface area contributed by atoms with E-state index in [2.05, 4.69) is 54.4 Å². The Morgan fingerprint density at radius 3 is 2.84 bits per heavy atom. The molecule has 3 heterocycles. The molecule has 0 bridgehead atoms. The van der Waals surface area contributed by atoms with Crippen LogP contribution in [0.3, 0.4) is 0 Å². The Bertz CT molecular complexity index is 1330. The van der Waals surface area contributed by atoms with Gasteiger partial charge in [0, 0.05) is 43.4 Å². The largest absolute Gasteiger partial charge is 0.474 e. The number of carbonyl (C=O) groups excluding carboxylic acids is 1. The third-order valence-corrected chi connectivity index (χ3v) is 6.34. The van der Waals surface area contributed by atoms with Gasteiger partial charge in [0.25, 0.3) is 5.91 Å². The quantitative estimate of drug-likeness (QED) is 0.365. The maximum atomic E-state index is 12.9. The second-order valence-electron chi connectivity index (χ2n) is 9.64. The fraction of sp³-hybridized carbons (Fsp3) is 0.370. The lowest BCUT2D eigenvalue weighted by Gasteiger charge is -2.30. The lowest BCUT2D eigenvalue weighted by molar-refractivity contribution is 0.0847. The number of amides is 1. The molecular weight excluding hydrogens is 468 g/mol. The van der Waals surface area contributed by atoms with Crippen LogP contribution in [0.1, 0.15) is 48.2 Å². The molecule has 0 saturated heterocycles. The molecule has 5 rings (SSSR count). The van der Waals surface area contributed by atoms with Crippen molar-refractivity contribution in [2.75, 3.05) is 17.2 Å². The first-order valence-corrected chi connectivity index (χ1v) is 12.5. The summed E-state index contributed by atoms with van der Waals surface area (Å²) in [5, 5.41) is 21.7. The average molecular weight is 499 g/mol. The first kappa shape index (κ1) is 24.5. The minimum absolute atomic E-state index is 0.0120. The number of rotatable bonds is 8. The lowest BCUT2D eigenvalue weighted by atomic mass is 9.83. The van der Waals surface area contributed by atoms with Gasteiger partial charge in [0.2, 0.25) is 11.8 Å². The van der Waals surface area contributed by atoms with Crippen molar-refractivity contribution in [2.24, 2.45) is 5.92 Å². The number of benzene rings is 1. The van der Waals surface area contributed by atoms with E-state index >= 15 is 0 Å². The highest BCUT2D eigenvalue weighted by atomic mass is 16.5. The van der Waals surface area contributed by atoms with Crippen molar-refractivity contribution in [3.8, 4) is 11.9 Å². The molecule has 2 aromatic heterocycles. The van der Waals surface area contributed by atoms with Crippen LogP contribution in [0.4, 0.5) is 23.3 Å². The molecule has 4 N–H and O–H groups in total. The maximum absolute atomic E-state index is 12.9. The van der Waals surface area contributed by atoms with Gasteiger partial charge in [-0.3, -0.25) is 4.79 Å². The number of ether oxygens (including phenoxy) is 1. The number of nitrogens with zero attached hydrogens (tertiary/aromatic N) is 4. The molecule has 1 fully saturated rings. The Hall–Kier alpha value is -4.23. The van der Waals surface area contributed by atoms with Crippen LogP contribution in [-0.2, 0) is 13.0 Å². The normalized spacial score (nSPS) is 18.2. The zero-order valence-corrected chi connectivity index (χ0v) is 20.9. The van der Waals surface area contributed by atoms with Gasteiger partial charge in [-0.05, 0) is 56.1 Å². The van der Waals surface area contributed by atoms with Gasteiger partial charge >= 0.3 is 0 Å². The number of nitrogens with one attached hydrogen (secondary N) is 4. The van der Waals surface area contributed by atoms with E-state index in [1.807, 2.05) is 26.0 Å². The fourth-order valence-electron chi connectivity index (χ4n) is 4.34. The average Bonchev–Trinajstić information content (AvgIpc) is 2.86. The predicted octanol–water partition coefficient (Wildman–Crippen LogP) is 3.82. The second kappa shape index (κ2) is 10.8. The maximum Gasteiger partial charge on any atom is 0.256 e. The minimum atomic E-state index is -0.283. The Morgan fingerprint density at radius 1 is 1.16 bits per heavy atom. The first-order chi connectivity index (χ1) is 18.0. The smallest absolute Gasteiger partial charge is 0.256 e. The molecule has 0 radical (unpaired) electrons. The molecule has 1 aliphatic heterocycles. The summed E-state index contributed by atoms with van der Waals surface area (Å²) in [6.45, 7) is 5.62. The third-order valence-electron chi connectivity index (χ3n) is 6.34. The van der Waals surface area contributed by atoms with Gasteiger partial charge in [-0.15, -0.1) is 0 Å². The highest BCUT2D eigenvalue weighted by Crippen LogP contribution is 2.31. The number of aromatic nitrogens is 3. The summed E-state index contributed by atoms with van der Waals surface area (Å²) < 4.78 is 5.91. The molecule has 1 amide bonds. The van der Waals surface area contributed by atoms with Gasteiger partial charge in [-0.25, -0.2) is 4.98 Å². The van der Waals surface area contributed by atoms with Gasteiger partial charge in [0.05, 0.1) is 12.0 Å². The molecule has 10 nitrogen and oxygen atoms in total. The van der Waals surface area contributed by atoms with Crippen molar-refractivity contribution in [3.05, 3.63) is 59.3 Å². The van der Waals surface area contributed by atoms with Crippen LogP contribution in [0.15, 0.2) is 42.6 Å². The lowest BCUT2D eigenvalue weighted by Crippen LogP contribution is -2.33. The summed E-state index contributed by atoms with van der Waals surface area (Å²) in [6, 6.07) is 13.8. The number of pyridine rings is 1. The van der Waals surface area contributed by atoms with E-state index in [0.717, 1.165) is 25.2 Å². The van der Waals surface area contributed by atoms with Gasteiger partial charge in [0.1, 0.15) is 23.3 Å². The monoisotopic (exact) mass is 498 g/mol. The van der Waals surface area contributed by atoms with Crippen LogP contribution in [0.2, 0.25) is 0 Å². The molecule has 1 aromatic carbocycles. The van der Waals surface area contributed by atoms with Gasteiger partial charge in [0.15, 0.2) is 0 Å². The SMILES string of the molecule is CC(C)NC(=O)c1cnc(Nc2ccc3c(c2)CCNC3)nc1Nc1cccc(OC2CC(C#N)C2)n1. The number of carbonyl (C=O) groups is 1. The minimum Gasteiger partial charge on any atom is -0.474 e. The number of hydrogen-bond donors (Lipinski definition) is 4. The van der Waals surface area contributed by atoms with Crippen molar-refractivity contribution in [1.29, 1.82) is 5.26 Å². The zero-order valence-electron chi connectivity index (χ0n) is 20.9. The third kappa shape index (κ3) is 5.95. The van der Waals surface area contributed by atoms with Crippen LogP contribution in [0.25, 0.3) is 0 Å². The van der Waals surface area contributed by atoms with E-state index < -0.39 is 0 Å². The summed E-state index contributed by atoms with van der Waals surface area (Å²) in [5.41, 5.74) is 3.78. The summed E-state index contributed by atoms with van der Waals surface area (Å²) in [5.74, 6) is 1.40. The zero-order chi connectivity index (χ0) is 25.8. The number of anilines is 4. The molecular formula is C27H30N8O2. The number of hydrogen-bond acceptors (Lipinski definition) is 9. The Labute approximate surface area is 215 Å². The topological polar surface area (TPSA) is 137 Å². The molecule has 0 unspecified atom stereocenters. The molecule has 1 aliphatic carbocycles. The Kier molecular flexibility index (Phi) is 7.14. The van der Waals surface area contributed by atoms with E-state index in [1.165, 1.54) is 17.3 Å². The van der Waals surface area contributed by atoms with E-state index in [4.69, 9.17) is 10.00 Å². The van der Waals surface area contributed by atoms with E-state index in [1.54, 1.807) is 12.1 Å². The highest BCUT2D eigenvalue weighted by Gasteiger charge is 2.31. The van der Waals surface area contributed by atoms with E-state index in [-0.39, 0.29) is 24.0 Å². The summed E-state index contributed by atoms with van der Waals surface area (Å²) in [6.07, 6.45) is 3.87. The van der Waals surface area contributed by atoms with Crippen molar-refractivity contribution in [3.63, 3.8) is 0 Å². The fourth-order valence-corrected chi connectivity index (χ4v) is 4.34. The summed E-state index contributed by atoms with van der Waals surface area (Å²) >= 11 is 0. The number of nitriles is 1. The van der Waals surface area contributed by atoms with Gasteiger partial charge in [-0.1, -0.05) is 12.1 Å². The standard InChI is InChI=1S/C27H30N8O2/c1-16(2)31-26(36)22-15-30-27(32-20-7-6-19-14-29-9-8-18(19)12-20)35-25(22)34-23-4-3-5-24(33-23)37-21-10-17(11-21)13-28/h3-7,12,15-17,21,29H,8-11,14H2,1-2H3,(H,31,36)(H2,30,32,33,34,35). The number of fused-ring (bicyclic) bond motifs is 1. The summed E-state index contributed by atoms with van der Waals surface area (Å²) in [4.78, 5) is 26.4. The van der Waals surface area contributed by atoms with Crippen LogP contribution >= 0.6 is 0 Å². The highest BCUT2D eigenvalue weighted by molar-refractivity contribution is 5.99. The molecule has 1 saturated carbocycles. The van der Waals surface area contributed by atoms with Crippen LogP contribution in [0.5, 0.6) is 5.88 Å². The Balaban J connectivity index is 1.37. The molecule has 10 heteroatoms. The molecule has 2 aliphatic rings. The van der Waals surface area contributed by atoms with Gasteiger partial charge in [-0.2, -0.15) is 15.2 Å². The van der Waals surface area contributed by atoms with Crippen LogP contribution < -0.4 is 26.0 Å². The van der Waals surface area contributed by atoms with E-state index in [0.29, 0.717) is 41.9 Å². The van der Waals surface area contributed by atoms with Crippen molar-refractivity contribution < 1.29 is 9.53 Å². The Morgan fingerprint density at radius 2 is 2.03 bits per heavy atom. The van der Waals surface area contributed by atoms with E-state index in [9.17, 15) is 4.79 Å². The predicted molar refractivity (Wildman–Crippen MR) is 140 cm³/mol. The van der Waals surface area contributed by atoms with Crippen molar-refractivity contribution in [2.45, 2.75) is 51.8 Å². The van der Waals surface area contributed by atoms with Crippen molar-refractivity contribution in [1.82, 2.24) is 25.6 Å². The first-order valence-electron chi connectivity index (χ1n) is 12.5. The van der Waals surface area contributed by atoms with Gasteiger partial charge < -0.3 is 26.0 Å². The van der Waals surface area contributed by atoms with Crippen LogP contribution in [0, 0.1) is 17.2 Å². The van der Waals surface area contributed by atoms with Crippen LogP contribution in [-0.4, -0.2) is 39.5 Å². The molecule has 3 aromatic rings. The second-order valence-corrected chi connectivity index (χ2v) is 9.64. The molecule has 0 atom stereocenters.